The molecule has 0 unspecified atom stereocenters. The molecule has 1 aromatic rings. The summed E-state index contributed by atoms with van der Waals surface area (Å²) in [6, 6.07) is 1.65. The predicted octanol–water partition coefficient (Wildman–Crippen LogP) is 3.31. The lowest BCUT2D eigenvalue weighted by Crippen LogP contribution is -2.06. The van der Waals surface area contributed by atoms with Crippen LogP contribution in [0.2, 0.25) is 0 Å². The van der Waals surface area contributed by atoms with E-state index in [1.165, 1.54) is 0 Å². The second kappa shape index (κ2) is 3.32. The lowest BCUT2D eigenvalue weighted by Gasteiger charge is -2.07. The van der Waals surface area contributed by atoms with Gasteiger partial charge in [-0.1, -0.05) is 0 Å². The fraction of sp³-hybridized carbons (Fsp3) is 0.250. The van der Waals surface area contributed by atoms with Crippen molar-refractivity contribution in [3.8, 4) is 0 Å². The maximum Gasteiger partial charge on any atom is 0.416 e. The topological polar surface area (TPSA) is 0 Å². The van der Waals surface area contributed by atoms with Gasteiger partial charge < -0.3 is 0 Å². The molecule has 0 atom stereocenters. The number of hydrogen-bond donors (Lipinski definition) is 0. The summed E-state index contributed by atoms with van der Waals surface area (Å²) in [4.78, 5) is 0. The number of halogens is 5. The molecule has 0 nitrogen and oxygen atoms in total. The molecule has 0 aliphatic carbocycles. The first kappa shape index (κ1) is 9.95. The summed E-state index contributed by atoms with van der Waals surface area (Å²) in [5.74, 6) is -1.08. The van der Waals surface area contributed by atoms with Gasteiger partial charge in [-0.05, 0) is 23.8 Å². The van der Waals surface area contributed by atoms with Gasteiger partial charge in [-0.2, -0.15) is 13.2 Å². The molecule has 13 heavy (non-hydrogen) atoms. The van der Waals surface area contributed by atoms with Crippen molar-refractivity contribution in [2.24, 2.45) is 0 Å². The van der Waals surface area contributed by atoms with E-state index in [9.17, 15) is 22.0 Å². The highest BCUT2D eigenvalue weighted by atomic mass is 19.4. The molecule has 0 fully saturated rings. The third-order valence-corrected chi connectivity index (χ3v) is 1.44. The summed E-state index contributed by atoms with van der Waals surface area (Å²) in [7, 11) is 0. The van der Waals surface area contributed by atoms with Crippen LogP contribution in [-0.4, -0.2) is 0 Å². The quantitative estimate of drug-likeness (QED) is 0.604. The minimum atomic E-state index is -4.63. The molecule has 1 rings (SSSR count). The van der Waals surface area contributed by atoms with Gasteiger partial charge in [0.15, 0.2) is 0 Å². The summed E-state index contributed by atoms with van der Waals surface area (Å²) >= 11 is 0. The van der Waals surface area contributed by atoms with Crippen LogP contribution < -0.4 is 0 Å². The summed E-state index contributed by atoms with van der Waals surface area (Å²) in [5.41, 5.74) is -1.48. The third kappa shape index (κ3) is 2.40. The SMILES string of the molecule is FCc1cc(F)cc(C(F)(F)F)c1. The van der Waals surface area contributed by atoms with Crippen LogP contribution >= 0.6 is 0 Å². The van der Waals surface area contributed by atoms with Crippen LogP contribution in [0.4, 0.5) is 22.0 Å². The second-order valence-corrected chi connectivity index (χ2v) is 2.48. The molecule has 1 aromatic carbocycles. The summed E-state index contributed by atoms with van der Waals surface area (Å²) < 4.78 is 60.4. The Balaban J connectivity index is 3.16. The van der Waals surface area contributed by atoms with Gasteiger partial charge in [0.05, 0.1) is 5.56 Å². The monoisotopic (exact) mass is 196 g/mol. The van der Waals surface area contributed by atoms with Gasteiger partial charge in [-0.3, -0.25) is 0 Å². The van der Waals surface area contributed by atoms with E-state index in [-0.39, 0.29) is 5.56 Å². The average Bonchev–Trinajstić information content (AvgIpc) is 2.01. The van der Waals surface area contributed by atoms with E-state index in [1.807, 2.05) is 0 Å². The van der Waals surface area contributed by atoms with Crippen LogP contribution in [0.15, 0.2) is 18.2 Å². The zero-order chi connectivity index (χ0) is 10.1. The van der Waals surface area contributed by atoms with Gasteiger partial charge in [0, 0.05) is 0 Å². The van der Waals surface area contributed by atoms with Crippen LogP contribution in [0.3, 0.4) is 0 Å². The van der Waals surface area contributed by atoms with Crippen LogP contribution in [0.5, 0.6) is 0 Å². The van der Waals surface area contributed by atoms with E-state index in [2.05, 4.69) is 0 Å². The Morgan fingerprint density at radius 2 is 1.69 bits per heavy atom. The van der Waals surface area contributed by atoms with Crippen LogP contribution in [-0.2, 0) is 12.9 Å². The van der Waals surface area contributed by atoms with E-state index in [1.54, 1.807) is 0 Å². The highest BCUT2D eigenvalue weighted by Crippen LogP contribution is 2.30. The fourth-order valence-corrected chi connectivity index (χ4v) is 0.891. The Morgan fingerprint density at radius 3 is 2.15 bits per heavy atom. The third-order valence-electron chi connectivity index (χ3n) is 1.44. The van der Waals surface area contributed by atoms with Crippen molar-refractivity contribution in [1.29, 1.82) is 0 Å². The lowest BCUT2D eigenvalue weighted by molar-refractivity contribution is -0.137. The molecule has 0 aromatic heterocycles. The van der Waals surface area contributed by atoms with E-state index < -0.39 is 24.2 Å². The first-order valence-electron chi connectivity index (χ1n) is 3.36. The zero-order valence-corrected chi connectivity index (χ0v) is 6.33. The maximum absolute atomic E-state index is 12.5. The first-order valence-corrected chi connectivity index (χ1v) is 3.36. The number of alkyl halides is 4. The Morgan fingerprint density at radius 1 is 1.08 bits per heavy atom. The van der Waals surface area contributed by atoms with Crippen molar-refractivity contribution in [1.82, 2.24) is 0 Å². The molecule has 0 bridgehead atoms. The molecular weight excluding hydrogens is 191 g/mol. The highest BCUT2D eigenvalue weighted by Gasteiger charge is 2.31. The van der Waals surface area contributed by atoms with Crippen molar-refractivity contribution in [3.63, 3.8) is 0 Å². The zero-order valence-electron chi connectivity index (χ0n) is 6.33. The number of hydrogen-bond acceptors (Lipinski definition) is 0. The highest BCUT2D eigenvalue weighted by molar-refractivity contribution is 5.26. The van der Waals surface area contributed by atoms with Gasteiger partial charge in [0.25, 0.3) is 0 Å². The molecule has 0 aliphatic heterocycles. The first-order chi connectivity index (χ1) is 5.93. The van der Waals surface area contributed by atoms with Crippen LogP contribution in [0, 0.1) is 5.82 Å². The van der Waals surface area contributed by atoms with Crippen molar-refractivity contribution in [3.05, 3.63) is 35.1 Å². The van der Waals surface area contributed by atoms with Crippen molar-refractivity contribution in [2.45, 2.75) is 12.9 Å². The van der Waals surface area contributed by atoms with Gasteiger partial charge in [0.1, 0.15) is 12.5 Å². The molecule has 72 valence electrons. The van der Waals surface area contributed by atoms with Crippen molar-refractivity contribution < 1.29 is 22.0 Å². The van der Waals surface area contributed by atoms with E-state index >= 15 is 0 Å². The summed E-state index contributed by atoms with van der Waals surface area (Å²) in [5, 5.41) is 0. The minimum Gasteiger partial charge on any atom is -0.246 e. The van der Waals surface area contributed by atoms with Crippen molar-refractivity contribution in [2.75, 3.05) is 0 Å². The lowest BCUT2D eigenvalue weighted by atomic mass is 10.1. The molecular formula is C8H5F5. The number of benzene rings is 1. The second-order valence-electron chi connectivity index (χ2n) is 2.48. The maximum atomic E-state index is 12.5. The Labute approximate surface area is 71.0 Å². The fourth-order valence-electron chi connectivity index (χ4n) is 0.891. The molecule has 0 N–H and O–H groups in total. The molecule has 0 heterocycles. The van der Waals surface area contributed by atoms with Gasteiger partial charge in [-0.25, -0.2) is 8.78 Å². The molecule has 0 saturated carbocycles. The molecule has 0 spiro atoms. The molecule has 0 radical (unpaired) electrons. The van der Waals surface area contributed by atoms with Gasteiger partial charge in [-0.15, -0.1) is 0 Å². The van der Waals surface area contributed by atoms with E-state index in [4.69, 9.17) is 0 Å². The Hall–Kier alpha value is -1.13. The smallest absolute Gasteiger partial charge is 0.246 e. The van der Waals surface area contributed by atoms with E-state index in [0.29, 0.717) is 12.1 Å². The largest absolute Gasteiger partial charge is 0.416 e. The normalized spacial score (nSPS) is 11.8. The predicted molar refractivity (Wildman–Crippen MR) is 36.2 cm³/mol. The van der Waals surface area contributed by atoms with Gasteiger partial charge >= 0.3 is 6.18 Å². The van der Waals surface area contributed by atoms with Gasteiger partial charge in [0.2, 0.25) is 0 Å². The van der Waals surface area contributed by atoms with Crippen LogP contribution in [0.1, 0.15) is 11.1 Å². The van der Waals surface area contributed by atoms with Crippen molar-refractivity contribution >= 4 is 0 Å². The Bertz CT molecular complexity index is 302. The summed E-state index contributed by atoms with van der Waals surface area (Å²) in [6.45, 7) is -1.11. The molecule has 5 heteroatoms. The molecule has 0 amide bonds. The molecule has 0 saturated heterocycles. The standard InChI is InChI=1S/C8H5F5/c9-4-5-1-6(8(11,12)13)3-7(10)2-5/h1-3H,4H2. The average molecular weight is 196 g/mol. The molecule has 0 aliphatic rings. The van der Waals surface area contributed by atoms with Crippen LogP contribution in [0.25, 0.3) is 0 Å². The Kier molecular flexibility index (Phi) is 2.54. The summed E-state index contributed by atoms with van der Waals surface area (Å²) in [6.07, 6.45) is -4.63. The van der Waals surface area contributed by atoms with E-state index in [0.717, 1.165) is 6.07 Å². The minimum absolute atomic E-state index is 0.313. The number of rotatable bonds is 1.